The van der Waals surface area contributed by atoms with Crippen molar-refractivity contribution >= 4 is 5.91 Å². The summed E-state index contributed by atoms with van der Waals surface area (Å²) >= 11 is 0. The first-order valence-electron chi connectivity index (χ1n) is 6.76. The summed E-state index contributed by atoms with van der Waals surface area (Å²) in [7, 11) is 0. The third-order valence-electron chi connectivity index (χ3n) is 3.15. The maximum absolute atomic E-state index is 11.9. The van der Waals surface area contributed by atoms with Gasteiger partial charge in [0.2, 0.25) is 5.91 Å². The second-order valence-electron chi connectivity index (χ2n) is 4.95. The first kappa shape index (κ1) is 15.5. The Bertz CT molecular complexity index is 389. The molecule has 0 heterocycles. The average molecular weight is 265 g/mol. The molecule has 2 atom stereocenters. The predicted molar refractivity (Wildman–Crippen MR) is 74.9 cm³/mol. The van der Waals surface area contributed by atoms with Crippen LogP contribution in [-0.4, -0.2) is 28.8 Å². The van der Waals surface area contributed by atoms with Gasteiger partial charge in [0, 0.05) is 5.92 Å². The second kappa shape index (κ2) is 7.79. The van der Waals surface area contributed by atoms with E-state index in [1.165, 1.54) is 0 Å². The van der Waals surface area contributed by atoms with Gasteiger partial charge in [-0.1, -0.05) is 32.4 Å². The molecule has 1 aromatic rings. The van der Waals surface area contributed by atoms with E-state index < -0.39 is 0 Å². The van der Waals surface area contributed by atoms with Crippen LogP contribution < -0.4 is 5.32 Å². The lowest BCUT2D eigenvalue weighted by Gasteiger charge is -2.19. The average Bonchev–Trinajstić information content (AvgIpc) is 2.40. The normalized spacial score (nSPS) is 13.8. The van der Waals surface area contributed by atoms with Crippen LogP contribution in [0, 0.1) is 5.92 Å². The summed E-state index contributed by atoms with van der Waals surface area (Å²) in [5.41, 5.74) is 0.972. The highest BCUT2D eigenvalue weighted by Crippen LogP contribution is 2.12. The van der Waals surface area contributed by atoms with Crippen LogP contribution >= 0.6 is 0 Å². The first-order valence-corrected chi connectivity index (χ1v) is 6.76. The Morgan fingerprint density at radius 2 is 1.95 bits per heavy atom. The van der Waals surface area contributed by atoms with Gasteiger partial charge in [-0.3, -0.25) is 4.79 Å². The zero-order valence-electron chi connectivity index (χ0n) is 11.6. The van der Waals surface area contributed by atoms with E-state index in [0.29, 0.717) is 6.42 Å². The van der Waals surface area contributed by atoms with Crippen molar-refractivity contribution in [3.63, 3.8) is 0 Å². The lowest BCUT2D eigenvalue weighted by atomic mass is 10.0. The molecule has 0 saturated carbocycles. The molecule has 0 spiro atoms. The van der Waals surface area contributed by atoms with Crippen molar-refractivity contribution in [2.75, 3.05) is 6.61 Å². The molecule has 0 aromatic heterocycles. The molecule has 19 heavy (non-hydrogen) atoms. The Hall–Kier alpha value is -1.55. The van der Waals surface area contributed by atoms with Crippen LogP contribution in [0.5, 0.6) is 5.75 Å². The van der Waals surface area contributed by atoms with Gasteiger partial charge >= 0.3 is 0 Å². The molecule has 0 radical (unpaired) electrons. The van der Waals surface area contributed by atoms with Gasteiger partial charge < -0.3 is 15.5 Å². The van der Waals surface area contributed by atoms with E-state index in [1.807, 2.05) is 13.8 Å². The van der Waals surface area contributed by atoms with Crippen LogP contribution in [0.25, 0.3) is 0 Å². The van der Waals surface area contributed by atoms with Crippen molar-refractivity contribution in [1.82, 2.24) is 5.32 Å². The van der Waals surface area contributed by atoms with Crippen LogP contribution in [-0.2, 0) is 11.2 Å². The molecule has 3 N–H and O–H groups in total. The van der Waals surface area contributed by atoms with E-state index in [9.17, 15) is 15.0 Å². The molecule has 1 unspecified atom stereocenters. The van der Waals surface area contributed by atoms with E-state index in [-0.39, 0.29) is 30.2 Å². The number of phenols is 1. The minimum atomic E-state index is -0.281. The van der Waals surface area contributed by atoms with Crippen LogP contribution in [0.2, 0.25) is 0 Å². The molecule has 4 heteroatoms. The molecule has 0 saturated heterocycles. The van der Waals surface area contributed by atoms with Crippen LogP contribution in [0.4, 0.5) is 0 Å². The number of hydrogen-bond acceptors (Lipinski definition) is 3. The monoisotopic (exact) mass is 265 g/mol. The van der Waals surface area contributed by atoms with Gasteiger partial charge in [0.05, 0.1) is 12.6 Å². The number of aliphatic hydroxyl groups is 1. The number of rotatable bonds is 7. The maximum atomic E-state index is 11.9. The highest BCUT2D eigenvalue weighted by atomic mass is 16.3. The number of phenolic OH excluding ortho intramolecular Hbond substituents is 1. The van der Waals surface area contributed by atoms with E-state index in [2.05, 4.69) is 5.32 Å². The quantitative estimate of drug-likeness (QED) is 0.704. The van der Waals surface area contributed by atoms with Crippen molar-refractivity contribution in [3.05, 3.63) is 29.8 Å². The fraction of sp³-hybridized carbons (Fsp3) is 0.533. The highest BCUT2D eigenvalue weighted by molar-refractivity contribution is 5.78. The van der Waals surface area contributed by atoms with E-state index in [0.717, 1.165) is 18.4 Å². The largest absolute Gasteiger partial charge is 0.508 e. The van der Waals surface area contributed by atoms with Crippen LogP contribution in [0.1, 0.15) is 32.3 Å². The van der Waals surface area contributed by atoms with Crippen molar-refractivity contribution in [3.8, 4) is 5.75 Å². The molecule has 0 aliphatic carbocycles. The third-order valence-corrected chi connectivity index (χ3v) is 3.15. The summed E-state index contributed by atoms with van der Waals surface area (Å²) < 4.78 is 0. The van der Waals surface area contributed by atoms with E-state index in [4.69, 9.17) is 0 Å². The maximum Gasteiger partial charge on any atom is 0.223 e. The topological polar surface area (TPSA) is 69.6 Å². The number of amides is 1. The Morgan fingerprint density at radius 3 is 2.47 bits per heavy atom. The van der Waals surface area contributed by atoms with Gasteiger partial charge in [0.25, 0.3) is 0 Å². The minimum absolute atomic E-state index is 0.0142. The second-order valence-corrected chi connectivity index (χ2v) is 4.95. The fourth-order valence-corrected chi connectivity index (χ4v) is 1.99. The van der Waals surface area contributed by atoms with Gasteiger partial charge in [-0.15, -0.1) is 0 Å². The summed E-state index contributed by atoms with van der Waals surface area (Å²) in [6, 6.07) is 6.51. The smallest absolute Gasteiger partial charge is 0.223 e. The third kappa shape index (κ3) is 5.30. The number of carbonyl (C=O) groups excluding carboxylic acids is 1. The molecular formula is C15H23NO3. The van der Waals surface area contributed by atoms with Gasteiger partial charge in [-0.05, 0) is 30.5 Å². The van der Waals surface area contributed by atoms with Crippen LogP contribution in [0.3, 0.4) is 0 Å². The van der Waals surface area contributed by atoms with Gasteiger partial charge in [-0.25, -0.2) is 0 Å². The number of aliphatic hydroxyl groups excluding tert-OH is 1. The number of aromatic hydroxyl groups is 1. The highest BCUT2D eigenvalue weighted by Gasteiger charge is 2.16. The number of nitrogens with one attached hydrogen (secondary N) is 1. The summed E-state index contributed by atoms with van der Waals surface area (Å²) in [6.45, 7) is 3.85. The Morgan fingerprint density at radius 1 is 1.32 bits per heavy atom. The minimum Gasteiger partial charge on any atom is -0.508 e. The molecule has 0 bridgehead atoms. The van der Waals surface area contributed by atoms with Crippen molar-refractivity contribution < 1.29 is 15.0 Å². The fourth-order valence-electron chi connectivity index (χ4n) is 1.99. The SMILES string of the molecule is CCCC(C)C(=O)N[C@H](CO)Cc1ccc(O)cc1. The predicted octanol–water partition coefficient (Wildman–Crippen LogP) is 1.85. The molecule has 106 valence electrons. The van der Waals surface area contributed by atoms with E-state index in [1.54, 1.807) is 24.3 Å². The Labute approximate surface area is 114 Å². The molecule has 1 amide bonds. The van der Waals surface area contributed by atoms with Gasteiger partial charge in [0.15, 0.2) is 0 Å². The van der Waals surface area contributed by atoms with Crippen LogP contribution in [0.15, 0.2) is 24.3 Å². The first-order chi connectivity index (χ1) is 9.06. The Balaban J connectivity index is 2.54. The lowest BCUT2D eigenvalue weighted by Crippen LogP contribution is -2.41. The summed E-state index contributed by atoms with van der Waals surface area (Å²) in [5, 5.41) is 21.4. The summed E-state index contributed by atoms with van der Waals surface area (Å²) in [5.74, 6) is 0.170. The Kier molecular flexibility index (Phi) is 6.36. The molecule has 0 aliphatic rings. The molecule has 0 aliphatic heterocycles. The van der Waals surface area contributed by atoms with Crippen molar-refractivity contribution in [2.24, 2.45) is 5.92 Å². The molecule has 1 aromatic carbocycles. The van der Waals surface area contributed by atoms with Gasteiger partial charge in [0.1, 0.15) is 5.75 Å². The number of hydrogen-bond donors (Lipinski definition) is 3. The van der Waals surface area contributed by atoms with Crippen molar-refractivity contribution in [1.29, 1.82) is 0 Å². The standard InChI is InChI=1S/C15H23NO3/c1-3-4-11(2)15(19)16-13(10-17)9-12-5-7-14(18)8-6-12/h5-8,11,13,17-18H,3-4,9-10H2,1-2H3,(H,16,19)/t11?,13-/m0/s1. The molecule has 1 rings (SSSR count). The molecule has 0 fully saturated rings. The molecular weight excluding hydrogens is 242 g/mol. The van der Waals surface area contributed by atoms with E-state index >= 15 is 0 Å². The van der Waals surface area contributed by atoms with Crippen molar-refractivity contribution in [2.45, 2.75) is 39.2 Å². The zero-order valence-corrected chi connectivity index (χ0v) is 11.6. The number of carbonyl (C=O) groups is 1. The van der Waals surface area contributed by atoms with Gasteiger partial charge in [-0.2, -0.15) is 0 Å². The summed E-state index contributed by atoms with van der Waals surface area (Å²) in [4.78, 5) is 11.9. The number of benzene rings is 1. The zero-order chi connectivity index (χ0) is 14.3. The molecule has 4 nitrogen and oxygen atoms in total. The lowest BCUT2D eigenvalue weighted by molar-refractivity contribution is -0.125. The summed E-state index contributed by atoms with van der Waals surface area (Å²) in [6.07, 6.45) is 2.38.